The number of carbonyl (C=O) groups excluding carboxylic acids is 2. The number of carboxylic acids is 1. The van der Waals surface area contributed by atoms with Crippen molar-refractivity contribution in [3.63, 3.8) is 0 Å². The lowest BCUT2D eigenvalue weighted by Gasteiger charge is -2.38. The molecule has 0 spiro atoms. The summed E-state index contributed by atoms with van der Waals surface area (Å²) in [5, 5.41) is 14.0. The molecule has 0 aromatic carbocycles. The maximum atomic E-state index is 11.7. The van der Waals surface area contributed by atoms with Crippen molar-refractivity contribution in [2.75, 3.05) is 13.7 Å². The molecule has 0 saturated heterocycles. The SMILES string of the molecule is COC(=O)CC[C@H](NC(=O)NCC1(C)CCC1)C(=O)O. The first-order valence-corrected chi connectivity index (χ1v) is 6.70. The number of hydrogen-bond acceptors (Lipinski definition) is 4. The smallest absolute Gasteiger partial charge is 0.326 e. The van der Waals surface area contributed by atoms with Crippen molar-refractivity contribution in [1.29, 1.82) is 0 Å². The van der Waals surface area contributed by atoms with Crippen LogP contribution < -0.4 is 10.6 Å². The van der Waals surface area contributed by atoms with E-state index in [0.29, 0.717) is 6.54 Å². The summed E-state index contributed by atoms with van der Waals surface area (Å²) in [6.45, 7) is 2.62. The zero-order valence-electron chi connectivity index (χ0n) is 11.9. The number of carbonyl (C=O) groups is 3. The maximum Gasteiger partial charge on any atom is 0.326 e. The van der Waals surface area contributed by atoms with E-state index in [4.69, 9.17) is 5.11 Å². The van der Waals surface area contributed by atoms with Crippen LogP contribution in [0.25, 0.3) is 0 Å². The van der Waals surface area contributed by atoms with Gasteiger partial charge in [0.15, 0.2) is 0 Å². The lowest BCUT2D eigenvalue weighted by Crippen LogP contribution is -2.49. The monoisotopic (exact) mass is 286 g/mol. The number of methoxy groups -OCH3 is 1. The molecule has 1 fully saturated rings. The third kappa shape index (κ3) is 5.07. The van der Waals surface area contributed by atoms with Crippen molar-refractivity contribution in [2.24, 2.45) is 5.41 Å². The van der Waals surface area contributed by atoms with E-state index in [1.165, 1.54) is 7.11 Å². The lowest BCUT2D eigenvalue weighted by molar-refractivity contribution is -0.142. The van der Waals surface area contributed by atoms with E-state index in [-0.39, 0.29) is 18.3 Å². The molecule has 1 atom stereocenters. The van der Waals surface area contributed by atoms with Gasteiger partial charge in [0.2, 0.25) is 0 Å². The summed E-state index contributed by atoms with van der Waals surface area (Å²) in [5.74, 6) is -1.67. The molecule has 0 radical (unpaired) electrons. The van der Waals surface area contributed by atoms with Crippen LogP contribution in [-0.4, -0.2) is 42.8 Å². The van der Waals surface area contributed by atoms with Crippen LogP contribution >= 0.6 is 0 Å². The first kappa shape index (κ1) is 16.3. The van der Waals surface area contributed by atoms with E-state index in [1.807, 2.05) is 0 Å². The van der Waals surface area contributed by atoms with Gasteiger partial charge < -0.3 is 20.5 Å². The average molecular weight is 286 g/mol. The van der Waals surface area contributed by atoms with Crippen LogP contribution in [0.1, 0.15) is 39.0 Å². The highest BCUT2D eigenvalue weighted by Crippen LogP contribution is 2.39. The van der Waals surface area contributed by atoms with Crippen molar-refractivity contribution in [1.82, 2.24) is 10.6 Å². The van der Waals surface area contributed by atoms with Gasteiger partial charge in [-0.25, -0.2) is 9.59 Å². The Morgan fingerprint density at radius 2 is 2.00 bits per heavy atom. The normalized spacial score (nSPS) is 17.5. The predicted octanol–water partition coefficient (Wildman–Crippen LogP) is 0.882. The van der Waals surface area contributed by atoms with Crippen LogP contribution in [-0.2, 0) is 14.3 Å². The number of esters is 1. The Labute approximate surface area is 118 Å². The van der Waals surface area contributed by atoms with Gasteiger partial charge in [0.25, 0.3) is 0 Å². The van der Waals surface area contributed by atoms with Gasteiger partial charge in [-0.1, -0.05) is 13.3 Å². The summed E-state index contributed by atoms with van der Waals surface area (Å²) in [6.07, 6.45) is 3.25. The third-order valence-corrected chi connectivity index (χ3v) is 3.70. The second kappa shape index (κ2) is 7.12. The summed E-state index contributed by atoms with van der Waals surface area (Å²) in [5.41, 5.74) is 0.127. The highest BCUT2D eigenvalue weighted by Gasteiger charge is 2.32. The summed E-state index contributed by atoms with van der Waals surface area (Å²) in [7, 11) is 1.23. The minimum absolute atomic E-state index is 0.00664. The van der Waals surface area contributed by atoms with Crippen molar-refractivity contribution in [3.05, 3.63) is 0 Å². The second-order valence-electron chi connectivity index (χ2n) is 5.50. The predicted molar refractivity (Wildman–Crippen MR) is 71.2 cm³/mol. The molecule has 7 heteroatoms. The molecule has 0 heterocycles. The molecule has 0 aromatic heterocycles. The number of ether oxygens (including phenoxy) is 1. The molecule has 3 N–H and O–H groups in total. The fourth-order valence-corrected chi connectivity index (χ4v) is 2.08. The molecule has 2 amide bonds. The van der Waals surface area contributed by atoms with Crippen LogP contribution in [0.3, 0.4) is 0 Å². The molecule has 1 saturated carbocycles. The minimum Gasteiger partial charge on any atom is -0.480 e. The molecular weight excluding hydrogens is 264 g/mol. The van der Waals surface area contributed by atoms with Crippen LogP contribution in [0.2, 0.25) is 0 Å². The third-order valence-electron chi connectivity index (χ3n) is 3.70. The Morgan fingerprint density at radius 1 is 1.35 bits per heavy atom. The van der Waals surface area contributed by atoms with Crippen LogP contribution in [0.4, 0.5) is 4.79 Å². The molecule has 1 rings (SSSR count). The standard InChI is InChI=1S/C13H22N2O5/c1-13(6-3-7-13)8-14-12(19)15-9(11(17)18)4-5-10(16)20-2/h9H,3-8H2,1-2H3,(H,17,18)(H2,14,15,19)/t9-/m0/s1. The zero-order chi connectivity index (χ0) is 15.2. The molecule has 1 aliphatic carbocycles. The Bertz CT molecular complexity index is 379. The molecule has 0 unspecified atom stereocenters. The second-order valence-corrected chi connectivity index (χ2v) is 5.50. The van der Waals surface area contributed by atoms with Crippen LogP contribution in [0.5, 0.6) is 0 Å². The largest absolute Gasteiger partial charge is 0.480 e. The molecule has 114 valence electrons. The molecular formula is C13H22N2O5. The maximum absolute atomic E-state index is 11.7. The summed E-state index contributed by atoms with van der Waals surface area (Å²) < 4.78 is 4.44. The fraction of sp³-hybridized carbons (Fsp3) is 0.769. The number of carboxylic acid groups (broad SMARTS) is 1. The number of amides is 2. The number of rotatable bonds is 7. The Morgan fingerprint density at radius 3 is 2.45 bits per heavy atom. The lowest BCUT2D eigenvalue weighted by atomic mass is 9.70. The Kier molecular flexibility index (Phi) is 5.79. The van der Waals surface area contributed by atoms with Gasteiger partial charge in [0, 0.05) is 13.0 Å². The molecule has 20 heavy (non-hydrogen) atoms. The van der Waals surface area contributed by atoms with Gasteiger partial charge in [0.1, 0.15) is 6.04 Å². The van der Waals surface area contributed by atoms with Gasteiger partial charge in [-0.15, -0.1) is 0 Å². The van der Waals surface area contributed by atoms with Gasteiger partial charge >= 0.3 is 18.0 Å². The van der Waals surface area contributed by atoms with E-state index in [0.717, 1.165) is 19.3 Å². The molecule has 0 aliphatic heterocycles. The first-order valence-electron chi connectivity index (χ1n) is 6.70. The van der Waals surface area contributed by atoms with E-state index in [1.54, 1.807) is 0 Å². The first-order chi connectivity index (χ1) is 9.36. The molecule has 7 nitrogen and oxygen atoms in total. The van der Waals surface area contributed by atoms with Gasteiger partial charge in [-0.05, 0) is 24.7 Å². The highest BCUT2D eigenvalue weighted by molar-refractivity contribution is 5.83. The van der Waals surface area contributed by atoms with E-state index < -0.39 is 24.0 Å². The quantitative estimate of drug-likeness (QED) is 0.603. The summed E-state index contributed by atoms with van der Waals surface area (Å²) in [6, 6.07) is -1.61. The topological polar surface area (TPSA) is 105 Å². The zero-order valence-corrected chi connectivity index (χ0v) is 11.9. The number of hydrogen-bond donors (Lipinski definition) is 3. The number of urea groups is 1. The minimum atomic E-state index is -1.17. The average Bonchev–Trinajstić information content (AvgIpc) is 2.38. The van der Waals surface area contributed by atoms with Crippen molar-refractivity contribution in [2.45, 2.75) is 45.1 Å². The van der Waals surface area contributed by atoms with Crippen molar-refractivity contribution >= 4 is 18.0 Å². The number of nitrogens with one attached hydrogen (secondary N) is 2. The van der Waals surface area contributed by atoms with Crippen molar-refractivity contribution in [3.8, 4) is 0 Å². The van der Waals surface area contributed by atoms with E-state index >= 15 is 0 Å². The van der Waals surface area contributed by atoms with Gasteiger partial charge in [0.05, 0.1) is 7.11 Å². The van der Waals surface area contributed by atoms with E-state index in [9.17, 15) is 14.4 Å². The van der Waals surface area contributed by atoms with Crippen LogP contribution in [0.15, 0.2) is 0 Å². The van der Waals surface area contributed by atoms with Gasteiger partial charge in [-0.3, -0.25) is 4.79 Å². The molecule has 0 bridgehead atoms. The summed E-state index contributed by atoms with van der Waals surface area (Å²) >= 11 is 0. The van der Waals surface area contributed by atoms with E-state index in [2.05, 4.69) is 22.3 Å². The summed E-state index contributed by atoms with van der Waals surface area (Å²) in [4.78, 5) is 33.7. The number of aliphatic carboxylic acids is 1. The Balaban J connectivity index is 2.34. The Hall–Kier alpha value is -1.79. The van der Waals surface area contributed by atoms with Crippen molar-refractivity contribution < 1.29 is 24.2 Å². The molecule has 0 aromatic rings. The highest BCUT2D eigenvalue weighted by atomic mass is 16.5. The van der Waals surface area contributed by atoms with Crippen LogP contribution in [0, 0.1) is 5.41 Å². The fourth-order valence-electron chi connectivity index (χ4n) is 2.08. The van der Waals surface area contributed by atoms with Gasteiger partial charge in [-0.2, -0.15) is 0 Å². The molecule has 1 aliphatic rings.